The third-order valence-corrected chi connectivity index (χ3v) is 4.88. The summed E-state index contributed by atoms with van der Waals surface area (Å²) in [5, 5.41) is 12.1. The number of benzene rings is 1. The van der Waals surface area contributed by atoms with Gasteiger partial charge < -0.3 is 10.1 Å². The molecule has 0 bridgehead atoms. The summed E-state index contributed by atoms with van der Waals surface area (Å²) in [7, 11) is 1.63. The van der Waals surface area contributed by atoms with Crippen LogP contribution in [0.25, 0.3) is 0 Å². The molecule has 1 heterocycles. The Morgan fingerprint density at radius 1 is 1.27 bits per heavy atom. The molecule has 0 fully saturated rings. The second kappa shape index (κ2) is 7.11. The van der Waals surface area contributed by atoms with Gasteiger partial charge in [-0.25, -0.2) is 0 Å². The highest BCUT2D eigenvalue weighted by atomic mass is 32.2. The van der Waals surface area contributed by atoms with Gasteiger partial charge in [-0.2, -0.15) is 0 Å². The van der Waals surface area contributed by atoms with Gasteiger partial charge in [-0.3, -0.25) is 4.79 Å². The minimum atomic E-state index is -0.318. The molecule has 1 N–H and O–H groups in total. The molecule has 5 nitrogen and oxygen atoms in total. The summed E-state index contributed by atoms with van der Waals surface area (Å²) < 4.78 is 5.90. The van der Waals surface area contributed by atoms with Crippen LogP contribution < -0.4 is 10.1 Å². The van der Waals surface area contributed by atoms with E-state index in [-0.39, 0.29) is 11.2 Å². The minimum Gasteiger partial charge on any atom is -0.497 e. The van der Waals surface area contributed by atoms with Crippen LogP contribution in [0.15, 0.2) is 28.6 Å². The highest BCUT2D eigenvalue weighted by Gasteiger charge is 2.21. The third kappa shape index (κ3) is 4.71. The van der Waals surface area contributed by atoms with Gasteiger partial charge in [-0.15, -0.1) is 10.2 Å². The van der Waals surface area contributed by atoms with Crippen molar-refractivity contribution in [3.63, 3.8) is 0 Å². The van der Waals surface area contributed by atoms with E-state index in [1.165, 1.54) is 23.1 Å². The van der Waals surface area contributed by atoms with E-state index in [9.17, 15) is 4.79 Å². The fourth-order valence-corrected chi connectivity index (χ4v) is 3.39. The lowest BCUT2D eigenvalue weighted by Gasteiger charge is -2.15. The van der Waals surface area contributed by atoms with Crippen molar-refractivity contribution < 1.29 is 9.53 Å². The fourth-order valence-electron chi connectivity index (χ4n) is 1.46. The van der Waals surface area contributed by atoms with Gasteiger partial charge in [-0.1, -0.05) is 43.9 Å². The molecule has 0 radical (unpaired) electrons. The zero-order valence-corrected chi connectivity index (χ0v) is 14.7. The first-order chi connectivity index (χ1) is 10.4. The molecule has 2 aromatic rings. The first kappa shape index (κ1) is 16.8. The van der Waals surface area contributed by atoms with Crippen LogP contribution in [0.1, 0.15) is 20.8 Å². The predicted molar refractivity (Wildman–Crippen MR) is 91.4 cm³/mol. The molecule has 1 aromatic heterocycles. The molecule has 0 saturated carbocycles. The van der Waals surface area contributed by atoms with Gasteiger partial charge in [0, 0.05) is 11.1 Å². The number of nitrogens with one attached hydrogen (secondary N) is 1. The minimum absolute atomic E-state index is 0.206. The molecule has 0 amide bonds. The second-order valence-corrected chi connectivity index (χ2v) is 7.89. The Labute approximate surface area is 138 Å². The zero-order chi connectivity index (χ0) is 16.2. The standard InChI is InChI=1S/C15H19N3O2S2/c1-15(2,3)12(19)9-21-14-18-17-13(22-14)16-10-5-7-11(20-4)8-6-10/h5-8H,9H2,1-4H3,(H,16,17). The van der Waals surface area contributed by atoms with Gasteiger partial charge in [0.2, 0.25) is 5.13 Å². The number of anilines is 2. The van der Waals surface area contributed by atoms with Crippen LogP contribution in [0.4, 0.5) is 10.8 Å². The van der Waals surface area contributed by atoms with Crippen molar-refractivity contribution in [1.82, 2.24) is 10.2 Å². The number of carbonyl (C=O) groups is 1. The Hall–Kier alpha value is -1.60. The Morgan fingerprint density at radius 3 is 2.55 bits per heavy atom. The van der Waals surface area contributed by atoms with Crippen molar-refractivity contribution in [2.45, 2.75) is 25.1 Å². The van der Waals surface area contributed by atoms with Crippen LogP contribution in [-0.4, -0.2) is 28.8 Å². The summed E-state index contributed by atoms with van der Waals surface area (Å²) in [6.45, 7) is 5.77. The number of carbonyl (C=O) groups excluding carboxylic acids is 1. The molecule has 7 heteroatoms. The number of rotatable bonds is 6. The maximum Gasteiger partial charge on any atom is 0.210 e. The largest absolute Gasteiger partial charge is 0.497 e. The van der Waals surface area contributed by atoms with Crippen LogP contribution >= 0.6 is 23.1 Å². The monoisotopic (exact) mass is 337 g/mol. The van der Waals surface area contributed by atoms with Crippen molar-refractivity contribution in [2.75, 3.05) is 18.2 Å². The van der Waals surface area contributed by atoms with Gasteiger partial charge in [0.15, 0.2) is 4.34 Å². The number of thioether (sulfide) groups is 1. The molecule has 0 saturated heterocycles. The number of ketones is 1. The number of methoxy groups -OCH3 is 1. The third-order valence-electron chi connectivity index (χ3n) is 2.91. The van der Waals surface area contributed by atoms with Gasteiger partial charge in [0.05, 0.1) is 12.9 Å². The molecule has 0 spiro atoms. The number of nitrogens with zero attached hydrogens (tertiary/aromatic N) is 2. The van der Waals surface area contributed by atoms with Crippen LogP contribution in [0, 0.1) is 5.41 Å². The summed E-state index contributed by atoms with van der Waals surface area (Å²) in [6.07, 6.45) is 0. The van der Waals surface area contributed by atoms with Crippen LogP contribution in [0.2, 0.25) is 0 Å². The molecule has 0 aliphatic heterocycles. The van der Waals surface area contributed by atoms with E-state index in [0.29, 0.717) is 10.9 Å². The van der Waals surface area contributed by atoms with Crippen LogP contribution in [-0.2, 0) is 4.79 Å². The zero-order valence-electron chi connectivity index (χ0n) is 13.0. The summed E-state index contributed by atoms with van der Waals surface area (Å²) in [5.74, 6) is 1.43. The van der Waals surface area contributed by atoms with Crippen LogP contribution in [0.5, 0.6) is 5.75 Å². The molecule has 2 rings (SSSR count). The number of hydrogen-bond donors (Lipinski definition) is 1. The molecular formula is C15H19N3O2S2. The first-order valence-corrected chi connectivity index (χ1v) is 8.59. The molecule has 0 unspecified atom stereocenters. The number of aromatic nitrogens is 2. The van der Waals surface area contributed by atoms with E-state index in [1.807, 2.05) is 45.0 Å². The van der Waals surface area contributed by atoms with Crippen molar-refractivity contribution in [2.24, 2.45) is 5.41 Å². The maximum atomic E-state index is 11.9. The molecular weight excluding hydrogens is 318 g/mol. The quantitative estimate of drug-likeness (QED) is 0.804. The second-order valence-electron chi connectivity index (χ2n) is 5.69. The molecule has 1 aromatic carbocycles. The van der Waals surface area contributed by atoms with E-state index in [1.54, 1.807) is 7.11 Å². The average Bonchev–Trinajstić information content (AvgIpc) is 2.92. The molecule has 118 valence electrons. The lowest BCUT2D eigenvalue weighted by atomic mass is 9.92. The van der Waals surface area contributed by atoms with E-state index in [2.05, 4.69) is 15.5 Å². The molecule has 22 heavy (non-hydrogen) atoms. The predicted octanol–water partition coefficient (Wildman–Crippen LogP) is 4.00. The topological polar surface area (TPSA) is 64.1 Å². The number of ether oxygens (including phenoxy) is 1. The Morgan fingerprint density at radius 2 is 1.95 bits per heavy atom. The summed E-state index contributed by atoms with van der Waals surface area (Å²) in [4.78, 5) is 11.9. The average molecular weight is 337 g/mol. The van der Waals surface area contributed by atoms with E-state index in [0.717, 1.165) is 15.8 Å². The Balaban J connectivity index is 1.92. The SMILES string of the molecule is COc1ccc(Nc2nnc(SCC(=O)C(C)(C)C)s2)cc1. The lowest BCUT2D eigenvalue weighted by molar-refractivity contribution is -0.123. The van der Waals surface area contributed by atoms with Crippen molar-refractivity contribution in [1.29, 1.82) is 0 Å². The Kier molecular flexibility index (Phi) is 5.42. The molecule has 0 atom stereocenters. The fraction of sp³-hybridized carbons (Fsp3) is 0.400. The number of hydrogen-bond acceptors (Lipinski definition) is 7. The highest BCUT2D eigenvalue weighted by Crippen LogP contribution is 2.29. The van der Waals surface area contributed by atoms with Gasteiger partial charge >= 0.3 is 0 Å². The lowest BCUT2D eigenvalue weighted by Crippen LogP contribution is -2.21. The van der Waals surface area contributed by atoms with E-state index >= 15 is 0 Å². The Bertz CT molecular complexity index is 633. The van der Waals surface area contributed by atoms with E-state index < -0.39 is 0 Å². The van der Waals surface area contributed by atoms with Gasteiger partial charge in [-0.05, 0) is 24.3 Å². The van der Waals surface area contributed by atoms with Gasteiger partial charge in [0.1, 0.15) is 11.5 Å². The van der Waals surface area contributed by atoms with Gasteiger partial charge in [0.25, 0.3) is 0 Å². The van der Waals surface area contributed by atoms with Crippen molar-refractivity contribution >= 4 is 39.7 Å². The highest BCUT2D eigenvalue weighted by molar-refractivity contribution is 8.01. The summed E-state index contributed by atoms with van der Waals surface area (Å²) >= 11 is 2.86. The van der Waals surface area contributed by atoms with Crippen molar-refractivity contribution in [3.8, 4) is 5.75 Å². The van der Waals surface area contributed by atoms with Crippen molar-refractivity contribution in [3.05, 3.63) is 24.3 Å². The number of Topliss-reactive ketones (excluding diaryl/α,β-unsaturated/α-hetero) is 1. The molecule has 0 aliphatic rings. The first-order valence-electron chi connectivity index (χ1n) is 6.79. The maximum absolute atomic E-state index is 11.9. The molecule has 0 aliphatic carbocycles. The summed E-state index contributed by atoms with van der Waals surface area (Å²) in [5.41, 5.74) is 0.598. The normalized spacial score (nSPS) is 11.3. The van der Waals surface area contributed by atoms with Crippen LogP contribution in [0.3, 0.4) is 0 Å². The smallest absolute Gasteiger partial charge is 0.210 e. The summed E-state index contributed by atoms with van der Waals surface area (Å²) in [6, 6.07) is 7.58. The van der Waals surface area contributed by atoms with E-state index in [4.69, 9.17) is 4.74 Å².